The fourth-order valence-corrected chi connectivity index (χ4v) is 2.24. The van der Waals surface area contributed by atoms with Crippen molar-refractivity contribution in [3.8, 4) is 16.9 Å². The molecule has 0 atom stereocenters. The molecule has 1 amide bonds. The molecule has 0 saturated heterocycles. The molecule has 0 aliphatic rings. The molecule has 7 heteroatoms. The largest absolute Gasteiger partial charge is 0.507 e. The maximum Gasteiger partial charge on any atom is 0.283 e. The van der Waals surface area contributed by atoms with Gasteiger partial charge in [0.15, 0.2) is 11.6 Å². The van der Waals surface area contributed by atoms with Gasteiger partial charge in [0.05, 0.1) is 12.1 Å². The van der Waals surface area contributed by atoms with E-state index in [1.165, 1.54) is 24.3 Å². The summed E-state index contributed by atoms with van der Waals surface area (Å²) in [7, 11) is 0. The molecular weight excluding hydrogens is 299 g/mol. The lowest BCUT2D eigenvalue weighted by Crippen LogP contribution is -2.24. The van der Waals surface area contributed by atoms with Crippen LogP contribution in [0.4, 0.5) is 10.1 Å². The Balaban J connectivity index is 2.85. The lowest BCUT2D eigenvalue weighted by molar-refractivity contribution is 0.100. The van der Waals surface area contributed by atoms with Gasteiger partial charge in [-0.15, -0.1) is 0 Å². The van der Waals surface area contributed by atoms with Gasteiger partial charge in [-0.1, -0.05) is 12.1 Å². The van der Waals surface area contributed by atoms with Crippen molar-refractivity contribution in [1.82, 2.24) is 0 Å². The van der Waals surface area contributed by atoms with E-state index in [9.17, 15) is 14.3 Å². The van der Waals surface area contributed by atoms with E-state index in [4.69, 9.17) is 18.0 Å². The molecule has 0 aromatic heterocycles. The third-order valence-electron chi connectivity index (χ3n) is 3.06. The monoisotopic (exact) mass is 312 g/mol. The molecule has 5 N–H and O–H groups in total. The molecule has 0 heterocycles. The molecule has 0 radical (unpaired) electrons. The van der Waals surface area contributed by atoms with Crippen molar-refractivity contribution in [2.24, 2.45) is 16.5 Å². The highest BCUT2D eigenvalue weighted by atomic mass is 19.1. The third-order valence-corrected chi connectivity index (χ3v) is 3.06. The van der Waals surface area contributed by atoms with E-state index in [1.54, 1.807) is 13.0 Å². The smallest absolute Gasteiger partial charge is 0.283 e. The minimum absolute atomic E-state index is 0.0712. The lowest BCUT2D eigenvalue weighted by atomic mass is 9.95. The summed E-state index contributed by atoms with van der Waals surface area (Å²) in [5.41, 5.74) is 11.2. The number of nitrogens with two attached hydrogens (primary N) is 2. The van der Waals surface area contributed by atoms with Gasteiger partial charge in [-0.25, -0.2) is 9.24 Å². The summed E-state index contributed by atoms with van der Waals surface area (Å²) in [5.74, 6) is -2.32. The van der Waals surface area contributed by atoms with Gasteiger partial charge < -0.3 is 16.6 Å². The highest BCUT2D eigenvalue weighted by Gasteiger charge is 2.21. The van der Waals surface area contributed by atoms with E-state index in [2.05, 4.69) is 9.84 Å². The highest BCUT2D eigenvalue weighted by Crippen LogP contribution is 2.39. The van der Waals surface area contributed by atoms with Gasteiger partial charge in [0.25, 0.3) is 5.91 Å². The van der Waals surface area contributed by atoms with Crippen molar-refractivity contribution < 1.29 is 14.3 Å². The number of carbonyl (C=O) groups is 1. The maximum atomic E-state index is 13.7. The summed E-state index contributed by atoms with van der Waals surface area (Å²) in [4.78, 5) is 18.9. The first-order valence-corrected chi connectivity index (χ1v) is 6.48. The number of benzene rings is 2. The SMILES string of the molecule is [C-]#[N+]c1ccc(O)c(C(=O)N=C(N)N)c1-c1cc(C)cc(F)c1. The zero-order valence-corrected chi connectivity index (χ0v) is 12.2. The average molecular weight is 312 g/mol. The zero-order chi connectivity index (χ0) is 17.1. The van der Waals surface area contributed by atoms with Gasteiger partial charge in [0.1, 0.15) is 11.6 Å². The molecule has 2 rings (SSSR count). The standard InChI is InChI=1S/C16H13FN4O2/c1-8-5-9(7-10(17)6-8)13-11(20-2)3-4-12(22)14(13)15(23)21-16(18)19/h3-7,22H,1H3,(H4,18,19,21,23). The van der Waals surface area contributed by atoms with Gasteiger partial charge in [-0.3, -0.25) is 4.79 Å². The number of phenols is 1. The summed E-state index contributed by atoms with van der Waals surface area (Å²) in [6.45, 7) is 8.92. The molecule has 2 aromatic rings. The summed E-state index contributed by atoms with van der Waals surface area (Å²) >= 11 is 0. The van der Waals surface area contributed by atoms with Crippen LogP contribution in [0.1, 0.15) is 15.9 Å². The van der Waals surface area contributed by atoms with Crippen LogP contribution in [0.3, 0.4) is 0 Å². The zero-order valence-electron chi connectivity index (χ0n) is 12.2. The second-order valence-electron chi connectivity index (χ2n) is 4.82. The molecule has 0 spiro atoms. The Morgan fingerprint density at radius 1 is 1.30 bits per heavy atom. The maximum absolute atomic E-state index is 13.7. The number of carbonyl (C=O) groups excluding carboxylic acids is 1. The van der Waals surface area contributed by atoms with E-state index in [0.717, 1.165) is 0 Å². The van der Waals surface area contributed by atoms with Crippen LogP contribution in [0.5, 0.6) is 5.75 Å². The molecule has 2 aromatic carbocycles. The van der Waals surface area contributed by atoms with Gasteiger partial charge >= 0.3 is 0 Å². The number of hydrogen-bond acceptors (Lipinski definition) is 2. The first-order chi connectivity index (χ1) is 10.8. The Hall–Kier alpha value is -3.40. The van der Waals surface area contributed by atoms with Gasteiger partial charge in [-0.05, 0) is 36.2 Å². The van der Waals surface area contributed by atoms with Crippen molar-refractivity contribution in [1.29, 1.82) is 0 Å². The van der Waals surface area contributed by atoms with Crippen LogP contribution in [0.25, 0.3) is 16.0 Å². The van der Waals surface area contributed by atoms with Crippen LogP contribution < -0.4 is 11.5 Å². The molecule has 0 aliphatic carbocycles. The first kappa shape index (κ1) is 16.0. The number of halogens is 1. The van der Waals surface area contributed by atoms with Crippen molar-refractivity contribution in [2.75, 3.05) is 0 Å². The Morgan fingerprint density at radius 3 is 2.57 bits per heavy atom. The molecule has 116 valence electrons. The molecule has 0 bridgehead atoms. The van der Waals surface area contributed by atoms with Gasteiger partial charge in [-0.2, -0.15) is 4.99 Å². The molecule has 23 heavy (non-hydrogen) atoms. The topological polar surface area (TPSA) is 106 Å². The number of nitrogens with zero attached hydrogens (tertiary/aromatic N) is 2. The molecular formula is C16H13FN4O2. The molecule has 0 saturated carbocycles. The van der Waals surface area contributed by atoms with E-state index in [0.29, 0.717) is 5.56 Å². The van der Waals surface area contributed by atoms with E-state index in [1.807, 2.05) is 0 Å². The highest BCUT2D eigenvalue weighted by molar-refractivity contribution is 6.10. The van der Waals surface area contributed by atoms with Crippen molar-refractivity contribution >= 4 is 17.6 Å². The van der Waals surface area contributed by atoms with E-state index >= 15 is 0 Å². The Bertz CT molecular complexity index is 845. The van der Waals surface area contributed by atoms with Crippen LogP contribution in [0.2, 0.25) is 0 Å². The predicted octanol–water partition coefficient (Wildman–Crippen LogP) is 2.47. The number of rotatable bonds is 2. The molecule has 0 fully saturated rings. The second-order valence-corrected chi connectivity index (χ2v) is 4.82. The van der Waals surface area contributed by atoms with Gasteiger partial charge in [0.2, 0.25) is 0 Å². The normalized spacial score (nSPS) is 9.96. The third kappa shape index (κ3) is 3.27. The van der Waals surface area contributed by atoms with Crippen LogP contribution >= 0.6 is 0 Å². The summed E-state index contributed by atoms with van der Waals surface area (Å²) in [5, 5.41) is 10.0. The van der Waals surface area contributed by atoms with E-state index in [-0.39, 0.29) is 22.4 Å². The number of guanidine groups is 1. The summed E-state index contributed by atoms with van der Waals surface area (Å²) in [6, 6.07) is 6.60. The fraction of sp³-hybridized carbons (Fsp3) is 0.0625. The Kier molecular flexibility index (Phi) is 4.27. The van der Waals surface area contributed by atoms with Gasteiger partial charge in [0, 0.05) is 5.56 Å². The number of aryl methyl sites for hydroxylation is 1. The molecule has 0 unspecified atom stereocenters. The lowest BCUT2D eigenvalue weighted by Gasteiger charge is -2.12. The van der Waals surface area contributed by atoms with Crippen molar-refractivity contribution in [3.05, 3.63) is 58.7 Å². The Labute approximate surface area is 131 Å². The number of aliphatic imine (C=N–C) groups is 1. The van der Waals surface area contributed by atoms with E-state index < -0.39 is 23.4 Å². The Morgan fingerprint density at radius 2 is 2.00 bits per heavy atom. The minimum atomic E-state index is -0.912. The second kappa shape index (κ2) is 6.15. The number of aromatic hydroxyl groups is 1. The predicted molar refractivity (Wildman–Crippen MR) is 84.6 cm³/mol. The fourth-order valence-electron chi connectivity index (χ4n) is 2.24. The average Bonchev–Trinajstić information content (AvgIpc) is 2.44. The quantitative estimate of drug-likeness (QED) is 0.450. The molecule has 6 nitrogen and oxygen atoms in total. The summed E-state index contributed by atoms with van der Waals surface area (Å²) < 4.78 is 13.7. The first-order valence-electron chi connectivity index (χ1n) is 6.48. The number of amides is 1. The van der Waals surface area contributed by atoms with Crippen LogP contribution in [-0.4, -0.2) is 17.0 Å². The number of phenolic OH excluding ortho intramolecular Hbond substituents is 1. The minimum Gasteiger partial charge on any atom is -0.507 e. The summed E-state index contributed by atoms with van der Waals surface area (Å²) in [6.07, 6.45) is 0. The molecule has 0 aliphatic heterocycles. The van der Waals surface area contributed by atoms with Crippen LogP contribution in [-0.2, 0) is 0 Å². The van der Waals surface area contributed by atoms with Crippen LogP contribution in [0.15, 0.2) is 35.3 Å². The van der Waals surface area contributed by atoms with Crippen molar-refractivity contribution in [3.63, 3.8) is 0 Å². The van der Waals surface area contributed by atoms with Crippen molar-refractivity contribution in [2.45, 2.75) is 6.92 Å². The number of hydrogen-bond donors (Lipinski definition) is 3. The van der Waals surface area contributed by atoms with Crippen LogP contribution in [0, 0.1) is 19.3 Å².